The number of hydrogen-bond donors (Lipinski definition) is 0. The van der Waals surface area contributed by atoms with Gasteiger partial charge in [-0.1, -0.05) is 140 Å². The fourth-order valence-corrected chi connectivity index (χ4v) is 6.67. The van der Waals surface area contributed by atoms with Crippen LogP contribution in [0.25, 0.3) is 87.8 Å². The molecular weight excluding hydrogens is 532 g/mol. The van der Waals surface area contributed by atoms with Crippen molar-refractivity contribution in [1.29, 1.82) is 0 Å². The van der Waals surface area contributed by atoms with Crippen LogP contribution in [0.2, 0.25) is 0 Å². The van der Waals surface area contributed by atoms with Gasteiger partial charge in [0, 0.05) is 16.5 Å². The SMILES string of the molecule is c1ccc(-c2nc(-c3ccccc3)c3ccc(-c4ccc5c(ccc6c5ccc5ccc7ccccc7c56)c4)cc3n2)cc1. The van der Waals surface area contributed by atoms with Gasteiger partial charge in [0.05, 0.1) is 11.2 Å². The average Bonchev–Trinajstić information content (AvgIpc) is 3.10. The lowest BCUT2D eigenvalue weighted by Gasteiger charge is -2.13. The summed E-state index contributed by atoms with van der Waals surface area (Å²) in [5.41, 5.74) is 6.29. The molecule has 0 N–H and O–H groups in total. The fourth-order valence-electron chi connectivity index (χ4n) is 6.67. The van der Waals surface area contributed by atoms with Gasteiger partial charge in [-0.2, -0.15) is 0 Å². The predicted molar refractivity (Wildman–Crippen MR) is 186 cm³/mol. The van der Waals surface area contributed by atoms with Crippen LogP contribution in [0, 0.1) is 0 Å². The summed E-state index contributed by atoms with van der Waals surface area (Å²) in [5.74, 6) is 0.735. The smallest absolute Gasteiger partial charge is 0.160 e. The minimum Gasteiger partial charge on any atom is -0.228 e. The second kappa shape index (κ2) is 9.86. The molecule has 0 saturated heterocycles. The summed E-state index contributed by atoms with van der Waals surface area (Å²) in [5, 5.41) is 11.3. The molecule has 8 aromatic carbocycles. The highest BCUT2D eigenvalue weighted by atomic mass is 14.9. The Labute approximate surface area is 254 Å². The third-order valence-corrected chi connectivity index (χ3v) is 8.83. The van der Waals surface area contributed by atoms with Crippen molar-refractivity contribution in [2.45, 2.75) is 0 Å². The van der Waals surface area contributed by atoms with Crippen LogP contribution in [0.15, 0.2) is 158 Å². The molecular formula is C42H26N2. The Hall–Kier alpha value is -5.86. The maximum absolute atomic E-state index is 5.06. The quantitative estimate of drug-likeness (QED) is 0.202. The Morgan fingerprint density at radius 2 is 0.932 bits per heavy atom. The standard InChI is InChI=1S/C42H26N2/c1-3-10-29(11-4-1)41-38-24-19-32(26-39(38)43-42(44-41)30-12-5-2-6-13-30)31-18-21-34-33(25-31)20-23-37-36(34)22-17-28-16-15-27-9-7-8-14-35(27)40(28)37/h1-26H. The van der Waals surface area contributed by atoms with Crippen LogP contribution in [0.3, 0.4) is 0 Å². The summed E-state index contributed by atoms with van der Waals surface area (Å²) < 4.78 is 0. The second-order valence-corrected chi connectivity index (χ2v) is 11.4. The molecule has 0 saturated carbocycles. The van der Waals surface area contributed by atoms with Crippen molar-refractivity contribution in [3.05, 3.63) is 158 Å². The molecule has 0 aliphatic heterocycles. The van der Waals surface area contributed by atoms with Gasteiger partial charge < -0.3 is 0 Å². The summed E-state index contributed by atoms with van der Waals surface area (Å²) in [6, 6.07) is 56.2. The highest BCUT2D eigenvalue weighted by molar-refractivity contribution is 6.24. The highest BCUT2D eigenvalue weighted by Crippen LogP contribution is 2.37. The zero-order valence-corrected chi connectivity index (χ0v) is 23.9. The van der Waals surface area contributed by atoms with Gasteiger partial charge >= 0.3 is 0 Å². The summed E-state index contributed by atoms with van der Waals surface area (Å²) in [6.07, 6.45) is 0. The van der Waals surface area contributed by atoms with Crippen LogP contribution < -0.4 is 0 Å². The van der Waals surface area contributed by atoms with E-state index in [9.17, 15) is 0 Å². The van der Waals surface area contributed by atoms with Crippen LogP contribution >= 0.6 is 0 Å². The van der Waals surface area contributed by atoms with Gasteiger partial charge in [0.25, 0.3) is 0 Å². The first-order valence-electron chi connectivity index (χ1n) is 15.0. The number of hydrogen-bond acceptors (Lipinski definition) is 2. The molecule has 0 unspecified atom stereocenters. The maximum atomic E-state index is 5.06. The molecule has 0 aliphatic rings. The van der Waals surface area contributed by atoms with E-state index < -0.39 is 0 Å². The molecule has 0 aliphatic carbocycles. The first-order valence-corrected chi connectivity index (χ1v) is 15.0. The van der Waals surface area contributed by atoms with Gasteiger partial charge in [0.15, 0.2) is 5.82 Å². The molecule has 1 heterocycles. The Balaban J connectivity index is 1.22. The summed E-state index contributed by atoms with van der Waals surface area (Å²) in [4.78, 5) is 10.1. The van der Waals surface area contributed by atoms with Crippen molar-refractivity contribution in [1.82, 2.24) is 9.97 Å². The first-order chi connectivity index (χ1) is 21.8. The van der Waals surface area contributed by atoms with Crippen LogP contribution in [-0.4, -0.2) is 9.97 Å². The zero-order chi connectivity index (χ0) is 29.0. The summed E-state index contributed by atoms with van der Waals surface area (Å²) in [6.45, 7) is 0. The number of aromatic nitrogens is 2. The van der Waals surface area contributed by atoms with Gasteiger partial charge in [0.1, 0.15) is 0 Å². The Morgan fingerprint density at radius 1 is 0.318 bits per heavy atom. The van der Waals surface area contributed by atoms with Crippen molar-refractivity contribution in [2.24, 2.45) is 0 Å². The van der Waals surface area contributed by atoms with E-state index in [1.165, 1.54) is 48.7 Å². The zero-order valence-electron chi connectivity index (χ0n) is 23.9. The van der Waals surface area contributed by atoms with E-state index in [0.717, 1.165) is 39.1 Å². The molecule has 44 heavy (non-hydrogen) atoms. The molecule has 0 amide bonds. The first kappa shape index (κ1) is 24.7. The monoisotopic (exact) mass is 558 g/mol. The summed E-state index contributed by atoms with van der Waals surface area (Å²) >= 11 is 0. The minimum atomic E-state index is 0.735. The molecule has 0 bridgehead atoms. The third kappa shape index (κ3) is 3.96. The van der Waals surface area contributed by atoms with Crippen LogP contribution in [0.4, 0.5) is 0 Å². The van der Waals surface area contributed by atoms with Crippen molar-refractivity contribution < 1.29 is 0 Å². The van der Waals surface area contributed by atoms with E-state index in [1.54, 1.807) is 0 Å². The topological polar surface area (TPSA) is 25.8 Å². The Morgan fingerprint density at radius 3 is 1.77 bits per heavy atom. The van der Waals surface area contributed by atoms with Crippen molar-refractivity contribution in [3.8, 4) is 33.8 Å². The molecule has 2 nitrogen and oxygen atoms in total. The normalized spacial score (nSPS) is 11.6. The molecule has 0 spiro atoms. The lowest BCUT2D eigenvalue weighted by atomic mass is 9.92. The fraction of sp³-hybridized carbons (Fsp3) is 0. The molecule has 9 rings (SSSR count). The molecule has 0 atom stereocenters. The molecule has 204 valence electrons. The minimum absolute atomic E-state index is 0.735. The van der Waals surface area contributed by atoms with Crippen LogP contribution in [0.5, 0.6) is 0 Å². The largest absolute Gasteiger partial charge is 0.228 e. The molecule has 0 radical (unpaired) electrons. The van der Waals surface area contributed by atoms with Gasteiger partial charge in [-0.15, -0.1) is 0 Å². The average molecular weight is 559 g/mol. The van der Waals surface area contributed by atoms with E-state index in [1.807, 2.05) is 24.3 Å². The van der Waals surface area contributed by atoms with Crippen molar-refractivity contribution >= 4 is 54.0 Å². The van der Waals surface area contributed by atoms with Gasteiger partial charge in [0.2, 0.25) is 0 Å². The lowest BCUT2D eigenvalue weighted by molar-refractivity contribution is 1.23. The number of rotatable bonds is 3. The molecule has 1 aromatic heterocycles. The van der Waals surface area contributed by atoms with E-state index >= 15 is 0 Å². The third-order valence-electron chi connectivity index (χ3n) is 8.83. The molecule has 9 aromatic rings. The van der Waals surface area contributed by atoms with Gasteiger partial charge in [-0.05, 0) is 72.4 Å². The van der Waals surface area contributed by atoms with E-state index in [0.29, 0.717) is 0 Å². The Bertz CT molecular complexity index is 2530. The summed E-state index contributed by atoms with van der Waals surface area (Å²) in [7, 11) is 0. The van der Waals surface area contributed by atoms with Crippen LogP contribution in [0.1, 0.15) is 0 Å². The van der Waals surface area contributed by atoms with E-state index in [-0.39, 0.29) is 0 Å². The lowest BCUT2D eigenvalue weighted by Crippen LogP contribution is -1.95. The number of fused-ring (bicyclic) bond motifs is 8. The van der Waals surface area contributed by atoms with Crippen molar-refractivity contribution in [2.75, 3.05) is 0 Å². The predicted octanol–water partition coefficient (Wildman–Crippen LogP) is 11.2. The van der Waals surface area contributed by atoms with Gasteiger partial charge in [-0.3, -0.25) is 0 Å². The number of nitrogens with zero attached hydrogens (tertiary/aromatic N) is 2. The maximum Gasteiger partial charge on any atom is 0.160 e. The van der Waals surface area contributed by atoms with Crippen LogP contribution in [-0.2, 0) is 0 Å². The Kier molecular flexibility index (Phi) is 5.54. The highest BCUT2D eigenvalue weighted by Gasteiger charge is 2.14. The molecule has 2 heteroatoms. The number of benzene rings is 8. The second-order valence-electron chi connectivity index (χ2n) is 11.4. The van der Waals surface area contributed by atoms with Gasteiger partial charge in [-0.25, -0.2) is 9.97 Å². The van der Waals surface area contributed by atoms with E-state index in [2.05, 4.69) is 133 Å². The van der Waals surface area contributed by atoms with Crippen molar-refractivity contribution in [3.63, 3.8) is 0 Å². The molecule has 0 fully saturated rings. The van der Waals surface area contributed by atoms with E-state index in [4.69, 9.17) is 9.97 Å².